The molecule has 0 atom stereocenters. The van der Waals surface area contributed by atoms with Crippen molar-refractivity contribution in [3.8, 4) is 0 Å². The summed E-state index contributed by atoms with van der Waals surface area (Å²) in [6.07, 6.45) is 4.83. The maximum Gasteiger partial charge on any atom is 0.191 e. The predicted molar refractivity (Wildman–Crippen MR) is 62.8 cm³/mol. The Hall–Kier alpha value is -1.10. The van der Waals surface area contributed by atoms with Gasteiger partial charge < -0.3 is 4.90 Å². The Bertz CT molecular complexity index is 382. The molecule has 15 heavy (non-hydrogen) atoms. The summed E-state index contributed by atoms with van der Waals surface area (Å²) in [7, 11) is 3.74. The van der Waals surface area contributed by atoms with Crippen LogP contribution in [-0.2, 0) is 6.54 Å². The lowest BCUT2D eigenvalue weighted by molar-refractivity contribution is 0.104. The number of carbonyl (C=O) groups is 1. The van der Waals surface area contributed by atoms with Crippen LogP contribution in [0.15, 0.2) is 23.1 Å². The molecule has 0 aliphatic rings. The molecule has 1 heterocycles. The van der Waals surface area contributed by atoms with Gasteiger partial charge in [0.15, 0.2) is 5.78 Å². The van der Waals surface area contributed by atoms with Crippen molar-refractivity contribution in [2.75, 3.05) is 14.1 Å². The normalized spacial score (nSPS) is 10.9. The van der Waals surface area contributed by atoms with E-state index in [1.165, 1.54) is 6.08 Å². The zero-order chi connectivity index (χ0) is 11.4. The van der Waals surface area contributed by atoms with Crippen LogP contribution >= 0.6 is 15.9 Å². The number of rotatable bonds is 4. The third-order valence-corrected chi connectivity index (χ3v) is 2.70. The molecule has 0 aliphatic heterocycles. The second-order valence-electron chi connectivity index (χ2n) is 3.31. The van der Waals surface area contributed by atoms with Crippen molar-refractivity contribution in [2.24, 2.45) is 0 Å². The first-order valence-electron chi connectivity index (χ1n) is 4.66. The number of ketones is 1. The summed E-state index contributed by atoms with van der Waals surface area (Å²) in [5.74, 6) is -0.0460. The van der Waals surface area contributed by atoms with Crippen molar-refractivity contribution in [1.82, 2.24) is 14.7 Å². The number of aryl methyl sites for hydroxylation is 1. The van der Waals surface area contributed by atoms with E-state index in [2.05, 4.69) is 21.0 Å². The fraction of sp³-hybridized carbons (Fsp3) is 0.400. The molecule has 0 amide bonds. The molecule has 4 nitrogen and oxygen atoms in total. The lowest BCUT2D eigenvalue weighted by atomic mass is 10.2. The molecule has 1 aromatic heterocycles. The molecule has 0 aromatic carbocycles. The first kappa shape index (κ1) is 12.0. The van der Waals surface area contributed by atoms with Gasteiger partial charge in [-0.1, -0.05) is 0 Å². The number of hydrogen-bond donors (Lipinski definition) is 0. The molecular formula is C10H14BrN3O. The van der Waals surface area contributed by atoms with Gasteiger partial charge in [0.05, 0.1) is 11.8 Å². The van der Waals surface area contributed by atoms with Crippen LogP contribution in [0.3, 0.4) is 0 Å². The monoisotopic (exact) mass is 271 g/mol. The van der Waals surface area contributed by atoms with E-state index in [4.69, 9.17) is 0 Å². The van der Waals surface area contributed by atoms with Crippen molar-refractivity contribution in [3.63, 3.8) is 0 Å². The summed E-state index contributed by atoms with van der Waals surface area (Å²) >= 11 is 3.35. The quantitative estimate of drug-likeness (QED) is 0.621. The molecule has 0 bridgehead atoms. The van der Waals surface area contributed by atoms with Gasteiger partial charge in [-0.3, -0.25) is 9.48 Å². The topological polar surface area (TPSA) is 38.1 Å². The smallest absolute Gasteiger partial charge is 0.191 e. The molecule has 0 N–H and O–H groups in total. The van der Waals surface area contributed by atoms with Gasteiger partial charge in [-0.05, 0) is 22.9 Å². The molecule has 82 valence electrons. The Labute approximate surface area is 97.7 Å². The van der Waals surface area contributed by atoms with Gasteiger partial charge in [-0.25, -0.2) is 0 Å². The van der Waals surface area contributed by atoms with Gasteiger partial charge in [0.2, 0.25) is 0 Å². The largest absolute Gasteiger partial charge is 0.383 e. The van der Waals surface area contributed by atoms with E-state index in [0.29, 0.717) is 5.56 Å². The van der Waals surface area contributed by atoms with E-state index in [0.717, 1.165) is 11.1 Å². The summed E-state index contributed by atoms with van der Waals surface area (Å²) in [5.41, 5.74) is 0.593. The summed E-state index contributed by atoms with van der Waals surface area (Å²) in [4.78, 5) is 13.5. The minimum Gasteiger partial charge on any atom is -0.383 e. The van der Waals surface area contributed by atoms with Gasteiger partial charge in [0.25, 0.3) is 0 Å². The third kappa shape index (κ3) is 2.92. The molecule has 0 fully saturated rings. The maximum atomic E-state index is 11.7. The zero-order valence-electron chi connectivity index (χ0n) is 9.07. The van der Waals surface area contributed by atoms with Crippen LogP contribution in [-0.4, -0.2) is 34.6 Å². The highest BCUT2D eigenvalue weighted by Gasteiger charge is 2.12. The number of nitrogens with zero attached hydrogens (tertiary/aromatic N) is 3. The van der Waals surface area contributed by atoms with Crippen molar-refractivity contribution in [3.05, 3.63) is 28.6 Å². The highest BCUT2D eigenvalue weighted by Crippen LogP contribution is 2.17. The van der Waals surface area contributed by atoms with Crippen LogP contribution in [0, 0.1) is 0 Å². The van der Waals surface area contributed by atoms with Crippen LogP contribution in [0.4, 0.5) is 0 Å². The summed E-state index contributed by atoms with van der Waals surface area (Å²) in [6, 6.07) is 0. The molecule has 5 heteroatoms. The van der Waals surface area contributed by atoms with E-state index in [-0.39, 0.29) is 5.78 Å². The summed E-state index contributed by atoms with van der Waals surface area (Å²) in [5, 5.41) is 4.08. The van der Waals surface area contributed by atoms with Gasteiger partial charge in [-0.15, -0.1) is 0 Å². The molecule has 1 aromatic rings. The molecule has 0 saturated carbocycles. The fourth-order valence-corrected chi connectivity index (χ4v) is 1.70. The van der Waals surface area contributed by atoms with Gasteiger partial charge in [-0.2, -0.15) is 5.10 Å². The molecule has 0 saturated heterocycles. The molecule has 0 spiro atoms. The maximum absolute atomic E-state index is 11.7. The van der Waals surface area contributed by atoms with Crippen molar-refractivity contribution in [1.29, 1.82) is 0 Å². The van der Waals surface area contributed by atoms with Crippen LogP contribution in [0.25, 0.3) is 0 Å². The van der Waals surface area contributed by atoms with E-state index >= 15 is 0 Å². The number of carbonyl (C=O) groups excluding carboxylic acids is 1. The molecule has 0 unspecified atom stereocenters. The minimum atomic E-state index is -0.0460. The highest BCUT2D eigenvalue weighted by molar-refractivity contribution is 9.10. The molecule has 0 aliphatic carbocycles. The van der Waals surface area contributed by atoms with Crippen LogP contribution in [0.5, 0.6) is 0 Å². The van der Waals surface area contributed by atoms with E-state index in [1.54, 1.807) is 17.1 Å². The Morgan fingerprint density at radius 3 is 2.80 bits per heavy atom. The SMILES string of the molecule is CCn1ncc(C(=O)/C=C/N(C)C)c1Br. The Morgan fingerprint density at radius 2 is 2.33 bits per heavy atom. The Morgan fingerprint density at radius 1 is 1.67 bits per heavy atom. The highest BCUT2D eigenvalue weighted by atomic mass is 79.9. The predicted octanol–water partition coefficient (Wildman–Crippen LogP) is 1.92. The summed E-state index contributed by atoms with van der Waals surface area (Å²) < 4.78 is 2.47. The standard InChI is InChI=1S/C10H14BrN3O/c1-4-14-10(11)8(7-12-14)9(15)5-6-13(2)3/h5-7H,4H2,1-3H3/b6-5+. The average Bonchev–Trinajstić information content (AvgIpc) is 2.56. The van der Waals surface area contributed by atoms with Crippen molar-refractivity contribution in [2.45, 2.75) is 13.5 Å². The van der Waals surface area contributed by atoms with Gasteiger partial charge >= 0.3 is 0 Å². The van der Waals surface area contributed by atoms with Crippen LogP contribution < -0.4 is 0 Å². The molecule has 1 rings (SSSR count). The fourth-order valence-electron chi connectivity index (χ4n) is 1.06. The summed E-state index contributed by atoms with van der Waals surface area (Å²) in [6.45, 7) is 2.72. The van der Waals surface area contributed by atoms with Gasteiger partial charge in [0, 0.05) is 32.9 Å². The lowest BCUT2D eigenvalue weighted by Gasteiger charge is -2.02. The number of allylic oxidation sites excluding steroid dienone is 1. The average molecular weight is 272 g/mol. The first-order chi connectivity index (χ1) is 7.06. The van der Waals surface area contributed by atoms with Crippen molar-refractivity contribution >= 4 is 21.7 Å². The minimum absolute atomic E-state index is 0.0460. The number of aromatic nitrogens is 2. The second-order valence-corrected chi connectivity index (χ2v) is 4.06. The van der Waals surface area contributed by atoms with Gasteiger partial charge in [0.1, 0.15) is 4.60 Å². The molecule has 0 radical (unpaired) electrons. The third-order valence-electron chi connectivity index (χ3n) is 1.86. The van der Waals surface area contributed by atoms with E-state index in [9.17, 15) is 4.79 Å². The number of hydrogen-bond acceptors (Lipinski definition) is 3. The van der Waals surface area contributed by atoms with Crippen molar-refractivity contribution < 1.29 is 4.79 Å². The Balaban J connectivity index is 2.87. The van der Waals surface area contributed by atoms with E-state index < -0.39 is 0 Å². The lowest BCUT2D eigenvalue weighted by Crippen LogP contribution is -2.03. The number of halogens is 1. The second kappa shape index (κ2) is 5.11. The zero-order valence-corrected chi connectivity index (χ0v) is 10.7. The Kier molecular flexibility index (Phi) is 4.08. The van der Waals surface area contributed by atoms with E-state index in [1.807, 2.05) is 25.9 Å². The molecular weight excluding hydrogens is 258 g/mol. The van der Waals surface area contributed by atoms with Crippen LogP contribution in [0.1, 0.15) is 17.3 Å². The van der Waals surface area contributed by atoms with Crippen LogP contribution in [0.2, 0.25) is 0 Å². The first-order valence-corrected chi connectivity index (χ1v) is 5.45.